The van der Waals surface area contributed by atoms with Crippen molar-refractivity contribution in [1.29, 1.82) is 0 Å². The molecule has 0 bridgehead atoms. The molecule has 0 aliphatic rings. The zero-order valence-corrected chi connectivity index (χ0v) is 19.1. The van der Waals surface area contributed by atoms with Crippen LogP contribution in [0.15, 0.2) is 71.6 Å². The number of carbonyl (C=O) groups excluding carboxylic acids is 2. The van der Waals surface area contributed by atoms with Gasteiger partial charge >= 0.3 is 0 Å². The monoisotopic (exact) mass is 465 g/mol. The van der Waals surface area contributed by atoms with E-state index in [1.807, 2.05) is 6.07 Å². The molecule has 1 unspecified atom stereocenters. The number of amides is 2. The van der Waals surface area contributed by atoms with Gasteiger partial charge in [0.05, 0.1) is 23.0 Å². The number of ether oxygens (including phenoxy) is 1. The number of nitro benzene ring substituents is 1. The number of nitro groups is 1. The maximum atomic E-state index is 12.7. The molecule has 0 fully saturated rings. The predicted octanol–water partition coefficient (Wildman–Crippen LogP) is 5.28. The molecule has 2 N–H and O–H groups in total. The van der Waals surface area contributed by atoms with Crippen LogP contribution in [-0.2, 0) is 4.79 Å². The molecule has 3 aromatic carbocycles. The van der Waals surface area contributed by atoms with E-state index in [2.05, 4.69) is 10.6 Å². The van der Waals surface area contributed by atoms with E-state index in [9.17, 15) is 19.7 Å². The summed E-state index contributed by atoms with van der Waals surface area (Å²) in [5.74, 6) is 0.0307. The Bertz CT molecular complexity index is 1200. The topological polar surface area (TPSA) is 111 Å². The van der Waals surface area contributed by atoms with Crippen LogP contribution in [0, 0.1) is 17.0 Å². The van der Waals surface area contributed by atoms with Crippen LogP contribution in [0.3, 0.4) is 0 Å². The van der Waals surface area contributed by atoms with Gasteiger partial charge in [-0.15, -0.1) is 11.8 Å². The normalized spacial score (nSPS) is 11.4. The van der Waals surface area contributed by atoms with Gasteiger partial charge in [-0.2, -0.15) is 0 Å². The van der Waals surface area contributed by atoms with Crippen LogP contribution in [0.1, 0.15) is 22.8 Å². The smallest absolute Gasteiger partial charge is 0.271 e. The highest BCUT2D eigenvalue weighted by Crippen LogP contribution is 2.28. The highest BCUT2D eigenvalue weighted by atomic mass is 32.2. The predicted molar refractivity (Wildman–Crippen MR) is 129 cm³/mol. The highest BCUT2D eigenvalue weighted by Gasteiger charge is 2.18. The number of rotatable bonds is 8. The van der Waals surface area contributed by atoms with Crippen molar-refractivity contribution in [1.82, 2.24) is 0 Å². The summed E-state index contributed by atoms with van der Waals surface area (Å²) in [5, 5.41) is 16.1. The number of benzene rings is 3. The van der Waals surface area contributed by atoms with Gasteiger partial charge in [0, 0.05) is 28.3 Å². The first-order valence-corrected chi connectivity index (χ1v) is 10.9. The fourth-order valence-corrected chi connectivity index (χ4v) is 3.89. The van der Waals surface area contributed by atoms with Crippen LogP contribution in [-0.4, -0.2) is 29.1 Å². The van der Waals surface area contributed by atoms with Gasteiger partial charge in [-0.05, 0) is 55.8 Å². The lowest BCUT2D eigenvalue weighted by molar-refractivity contribution is -0.384. The lowest BCUT2D eigenvalue weighted by atomic mass is 10.2. The van der Waals surface area contributed by atoms with Gasteiger partial charge in [-0.3, -0.25) is 19.7 Å². The molecule has 9 heteroatoms. The Morgan fingerprint density at radius 1 is 1.03 bits per heavy atom. The van der Waals surface area contributed by atoms with E-state index in [1.165, 1.54) is 31.0 Å². The van der Waals surface area contributed by atoms with Gasteiger partial charge < -0.3 is 15.4 Å². The molecular formula is C24H23N3O5S. The van der Waals surface area contributed by atoms with E-state index in [0.717, 1.165) is 10.5 Å². The largest absolute Gasteiger partial charge is 0.497 e. The summed E-state index contributed by atoms with van der Waals surface area (Å²) in [7, 11) is 1.54. The summed E-state index contributed by atoms with van der Waals surface area (Å²) >= 11 is 1.31. The quantitative estimate of drug-likeness (QED) is 0.266. The maximum Gasteiger partial charge on any atom is 0.271 e. The molecule has 0 aromatic heterocycles. The van der Waals surface area contributed by atoms with Gasteiger partial charge in [0.25, 0.3) is 11.6 Å². The van der Waals surface area contributed by atoms with E-state index in [-0.39, 0.29) is 17.5 Å². The molecule has 0 heterocycles. The van der Waals surface area contributed by atoms with Crippen molar-refractivity contribution in [3.8, 4) is 5.75 Å². The third-order valence-corrected chi connectivity index (χ3v) is 5.89. The Labute approximate surface area is 195 Å². The molecule has 0 spiro atoms. The number of nitrogens with zero attached hydrogens (tertiary/aromatic N) is 1. The minimum Gasteiger partial charge on any atom is -0.497 e. The number of hydrogen-bond donors (Lipinski definition) is 2. The Morgan fingerprint density at radius 2 is 1.79 bits per heavy atom. The number of non-ortho nitro benzene ring substituents is 1. The number of thioether (sulfide) groups is 1. The summed E-state index contributed by atoms with van der Waals surface area (Å²) in [4.78, 5) is 36.5. The van der Waals surface area contributed by atoms with Crippen LogP contribution in [0.25, 0.3) is 0 Å². The molecule has 0 radical (unpaired) electrons. The zero-order chi connectivity index (χ0) is 24.0. The lowest BCUT2D eigenvalue weighted by Crippen LogP contribution is -2.22. The van der Waals surface area contributed by atoms with Gasteiger partial charge in [-0.1, -0.05) is 18.2 Å². The van der Waals surface area contributed by atoms with E-state index < -0.39 is 10.2 Å². The summed E-state index contributed by atoms with van der Waals surface area (Å²) in [6, 6.07) is 18.4. The van der Waals surface area contributed by atoms with Gasteiger partial charge in [0.2, 0.25) is 5.91 Å². The minimum atomic E-state index is -0.501. The number of carbonyl (C=O) groups is 2. The number of hydrogen-bond acceptors (Lipinski definition) is 6. The van der Waals surface area contributed by atoms with Crippen molar-refractivity contribution >= 4 is 40.6 Å². The summed E-state index contributed by atoms with van der Waals surface area (Å²) in [6.07, 6.45) is 0. The molecule has 170 valence electrons. The second-order valence-electron chi connectivity index (χ2n) is 7.22. The highest BCUT2D eigenvalue weighted by molar-refractivity contribution is 8.00. The van der Waals surface area contributed by atoms with Crippen LogP contribution in [0.5, 0.6) is 5.75 Å². The van der Waals surface area contributed by atoms with E-state index in [4.69, 9.17) is 4.74 Å². The molecule has 0 aliphatic carbocycles. The Hall–Kier alpha value is -3.85. The number of aryl methyl sites for hydroxylation is 1. The van der Waals surface area contributed by atoms with Crippen LogP contribution in [0.4, 0.5) is 17.1 Å². The lowest BCUT2D eigenvalue weighted by Gasteiger charge is -2.14. The average molecular weight is 466 g/mol. The summed E-state index contributed by atoms with van der Waals surface area (Å²) in [6.45, 7) is 3.51. The first-order valence-electron chi connectivity index (χ1n) is 10.0. The first kappa shape index (κ1) is 23.8. The van der Waals surface area contributed by atoms with Crippen molar-refractivity contribution in [2.75, 3.05) is 17.7 Å². The molecular weight excluding hydrogens is 442 g/mol. The van der Waals surface area contributed by atoms with Crippen LogP contribution in [0.2, 0.25) is 0 Å². The standard InChI is InChI=1S/C24H23N3O5S/c1-15-10-11-19(27(30)31)14-22(15)26-23(28)16(2)33-21-9-5-7-18(13-21)25-24(29)17-6-4-8-20(12-17)32-3/h4-14,16H,1-3H3,(H,25,29)(H,26,28). The number of nitrogens with one attached hydrogen (secondary N) is 2. The van der Waals surface area contributed by atoms with Gasteiger partial charge in [0.15, 0.2) is 0 Å². The van der Waals surface area contributed by atoms with Crippen molar-refractivity contribution in [2.45, 2.75) is 24.0 Å². The molecule has 33 heavy (non-hydrogen) atoms. The number of anilines is 2. The second-order valence-corrected chi connectivity index (χ2v) is 8.63. The molecule has 1 atom stereocenters. The molecule has 0 saturated heterocycles. The zero-order valence-electron chi connectivity index (χ0n) is 18.3. The Morgan fingerprint density at radius 3 is 2.52 bits per heavy atom. The fraction of sp³-hybridized carbons (Fsp3) is 0.167. The van der Waals surface area contributed by atoms with Crippen LogP contribution >= 0.6 is 11.8 Å². The van der Waals surface area contributed by atoms with E-state index in [0.29, 0.717) is 22.7 Å². The molecule has 0 saturated carbocycles. The molecule has 2 amide bonds. The van der Waals surface area contributed by atoms with Gasteiger partial charge in [-0.25, -0.2) is 0 Å². The maximum absolute atomic E-state index is 12.7. The molecule has 3 aromatic rings. The van der Waals surface area contributed by atoms with Crippen molar-refractivity contribution in [3.05, 3.63) is 88.0 Å². The first-order chi connectivity index (χ1) is 15.8. The fourth-order valence-electron chi connectivity index (χ4n) is 2.96. The number of methoxy groups -OCH3 is 1. The summed E-state index contributed by atoms with van der Waals surface area (Å²) in [5.41, 5.74) is 2.10. The van der Waals surface area contributed by atoms with Crippen molar-refractivity contribution in [2.24, 2.45) is 0 Å². The average Bonchev–Trinajstić information content (AvgIpc) is 2.80. The molecule has 8 nitrogen and oxygen atoms in total. The molecule has 0 aliphatic heterocycles. The van der Waals surface area contributed by atoms with E-state index >= 15 is 0 Å². The third kappa shape index (κ3) is 6.33. The Balaban J connectivity index is 1.66. The third-order valence-electron chi connectivity index (χ3n) is 4.80. The van der Waals surface area contributed by atoms with Crippen LogP contribution < -0.4 is 15.4 Å². The SMILES string of the molecule is COc1cccc(C(=O)Nc2cccc(SC(C)C(=O)Nc3cc([N+](=O)[O-])ccc3C)c2)c1. The van der Waals surface area contributed by atoms with E-state index in [1.54, 1.807) is 62.4 Å². The second kappa shape index (κ2) is 10.6. The van der Waals surface area contributed by atoms with Crippen molar-refractivity contribution < 1.29 is 19.2 Å². The van der Waals surface area contributed by atoms with Gasteiger partial charge in [0.1, 0.15) is 5.75 Å². The molecule has 3 rings (SSSR count). The minimum absolute atomic E-state index is 0.0873. The Kier molecular flexibility index (Phi) is 7.68. The summed E-state index contributed by atoms with van der Waals surface area (Å²) < 4.78 is 5.15. The van der Waals surface area contributed by atoms with Crippen molar-refractivity contribution in [3.63, 3.8) is 0 Å².